The molecule has 0 aliphatic heterocycles. The van der Waals surface area contributed by atoms with Crippen LogP contribution in [0.25, 0.3) is 0 Å². The first-order valence-corrected chi connectivity index (χ1v) is 6.22. The molecule has 0 unspecified atom stereocenters. The largest absolute Gasteiger partial charge is 0.351 e. The van der Waals surface area contributed by atoms with Gasteiger partial charge in [0.05, 0.1) is 10.6 Å². The van der Waals surface area contributed by atoms with E-state index in [1.54, 1.807) is 12.3 Å². The standard InChI is InChI=1S/C13H20ClN3O/c1-13(2,9-17(3)4)8-16-12(18)10-5-6-15-7-11(10)14/h5-7H,8-9H2,1-4H3,(H,16,18). The normalized spacial score (nSPS) is 11.7. The second-order valence-electron chi connectivity index (χ2n) is 5.44. The van der Waals surface area contributed by atoms with Gasteiger partial charge in [0, 0.05) is 25.5 Å². The van der Waals surface area contributed by atoms with Gasteiger partial charge in [-0.3, -0.25) is 9.78 Å². The lowest BCUT2D eigenvalue weighted by atomic mass is 9.93. The summed E-state index contributed by atoms with van der Waals surface area (Å²) < 4.78 is 0. The molecule has 1 heterocycles. The minimum atomic E-state index is -0.158. The van der Waals surface area contributed by atoms with Gasteiger partial charge in [0.25, 0.3) is 5.91 Å². The summed E-state index contributed by atoms with van der Waals surface area (Å²) in [5.74, 6) is -0.158. The zero-order valence-electron chi connectivity index (χ0n) is 11.3. The van der Waals surface area contributed by atoms with E-state index in [9.17, 15) is 4.79 Å². The van der Waals surface area contributed by atoms with E-state index >= 15 is 0 Å². The summed E-state index contributed by atoms with van der Waals surface area (Å²) in [6, 6.07) is 1.62. The number of aromatic nitrogens is 1. The summed E-state index contributed by atoms with van der Waals surface area (Å²) in [6.45, 7) is 5.73. The first kappa shape index (κ1) is 14.9. The van der Waals surface area contributed by atoms with Crippen LogP contribution in [0, 0.1) is 5.41 Å². The van der Waals surface area contributed by atoms with Crippen LogP contribution in [0.5, 0.6) is 0 Å². The molecule has 0 radical (unpaired) electrons. The van der Waals surface area contributed by atoms with Crippen molar-refractivity contribution in [1.82, 2.24) is 15.2 Å². The van der Waals surface area contributed by atoms with E-state index in [1.807, 2.05) is 14.1 Å². The Hall–Kier alpha value is -1.13. The fourth-order valence-electron chi connectivity index (χ4n) is 1.89. The summed E-state index contributed by atoms with van der Waals surface area (Å²) in [4.78, 5) is 17.9. The molecule has 1 N–H and O–H groups in total. The van der Waals surface area contributed by atoms with Crippen molar-refractivity contribution < 1.29 is 4.79 Å². The topological polar surface area (TPSA) is 45.2 Å². The minimum Gasteiger partial charge on any atom is -0.351 e. The van der Waals surface area contributed by atoms with Crippen molar-refractivity contribution >= 4 is 17.5 Å². The molecule has 18 heavy (non-hydrogen) atoms. The maximum Gasteiger partial charge on any atom is 0.252 e. The number of nitrogens with zero attached hydrogens (tertiary/aromatic N) is 2. The van der Waals surface area contributed by atoms with E-state index in [0.29, 0.717) is 17.1 Å². The average molecular weight is 270 g/mol. The highest BCUT2D eigenvalue weighted by atomic mass is 35.5. The predicted molar refractivity (Wildman–Crippen MR) is 73.9 cm³/mol. The maximum atomic E-state index is 12.0. The van der Waals surface area contributed by atoms with Gasteiger partial charge < -0.3 is 10.2 Å². The number of carbonyl (C=O) groups is 1. The number of carbonyl (C=O) groups excluding carboxylic acids is 1. The minimum absolute atomic E-state index is 0.0126. The third-order valence-corrected chi connectivity index (χ3v) is 2.79. The van der Waals surface area contributed by atoms with E-state index < -0.39 is 0 Å². The number of hydrogen-bond acceptors (Lipinski definition) is 3. The highest BCUT2D eigenvalue weighted by molar-refractivity contribution is 6.33. The number of amides is 1. The zero-order valence-corrected chi connectivity index (χ0v) is 12.1. The summed E-state index contributed by atoms with van der Waals surface area (Å²) in [5.41, 5.74) is 0.478. The smallest absolute Gasteiger partial charge is 0.252 e. The molecule has 1 aromatic heterocycles. The highest BCUT2D eigenvalue weighted by Gasteiger charge is 2.20. The Labute approximate surface area is 113 Å². The molecular formula is C13H20ClN3O. The molecule has 1 aromatic rings. The van der Waals surface area contributed by atoms with Gasteiger partial charge in [-0.1, -0.05) is 25.4 Å². The van der Waals surface area contributed by atoms with Crippen molar-refractivity contribution in [3.05, 3.63) is 29.0 Å². The summed E-state index contributed by atoms with van der Waals surface area (Å²) in [6.07, 6.45) is 3.03. The lowest BCUT2D eigenvalue weighted by Gasteiger charge is -2.28. The number of nitrogens with one attached hydrogen (secondary N) is 1. The fraction of sp³-hybridized carbons (Fsp3) is 0.538. The van der Waals surface area contributed by atoms with Crippen molar-refractivity contribution in [2.45, 2.75) is 13.8 Å². The van der Waals surface area contributed by atoms with E-state index in [4.69, 9.17) is 11.6 Å². The molecule has 0 aromatic carbocycles. The SMILES string of the molecule is CN(C)CC(C)(C)CNC(=O)c1ccncc1Cl. The molecule has 0 saturated heterocycles. The van der Waals surface area contributed by atoms with Gasteiger partial charge in [0.2, 0.25) is 0 Å². The van der Waals surface area contributed by atoms with Gasteiger partial charge in [0.15, 0.2) is 0 Å². The average Bonchev–Trinajstić information content (AvgIpc) is 2.25. The third kappa shape index (κ3) is 4.63. The monoisotopic (exact) mass is 269 g/mol. The quantitative estimate of drug-likeness (QED) is 0.890. The van der Waals surface area contributed by atoms with Gasteiger partial charge in [-0.25, -0.2) is 0 Å². The van der Waals surface area contributed by atoms with Crippen LogP contribution in [-0.2, 0) is 0 Å². The van der Waals surface area contributed by atoms with Crippen molar-refractivity contribution in [2.24, 2.45) is 5.41 Å². The van der Waals surface area contributed by atoms with Gasteiger partial charge in [-0.2, -0.15) is 0 Å². The van der Waals surface area contributed by atoms with Crippen molar-refractivity contribution in [3.63, 3.8) is 0 Å². The van der Waals surface area contributed by atoms with Crippen LogP contribution in [0.1, 0.15) is 24.2 Å². The molecule has 0 fully saturated rings. The van der Waals surface area contributed by atoms with Gasteiger partial charge >= 0.3 is 0 Å². The van der Waals surface area contributed by atoms with Crippen LogP contribution in [0.15, 0.2) is 18.5 Å². The molecule has 0 spiro atoms. The Bertz CT molecular complexity index is 418. The molecule has 0 bridgehead atoms. The van der Waals surface area contributed by atoms with Gasteiger partial charge in [-0.15, -0.1) is 0 Å². The second-order valence-corrected chi connectivity index (χ2v) is 5.85. The molecule has 0 aliphatic rings. The molecule has 4 nitrogen and oxygen atoms in total. The first-order chi connectivity index (χ1) is 8.32. The Morgan fingerprint density at radius 1 is 1.50 bits per heavy atom. The first-order valence-electron chi connectivity index (χ1n) is 5.84. The molecule has 1 amide bonds. The molecule has 100 valence electrons. The Morgan fingerprint density at radius 2 is 2.17 bits per heavy atom. The van der Waals surface area contributed by atoms with E-state index in [1.165, 1.54) is 6.20 Å². The van der Waals surface area contributed by atoms with E-state index in [-0.39, 0.29) is 11.3 Å². The lowest BCUT2D eigenvalue weighted by molar-refractivity contribution is 0.0929. The lowest BCUT2D eigenvalue weighted by Crippen LogP contribution is -2.40. The molecule has 1 rings (SSSR count). The predicted octanol–water partition coefficient (Wildman–Crippen LogP) is 2.05. The zero-order chi connectivity index (χ0) is 13.8. The molecule has 0 saturated carbocycles. The highest BCUT2D eigenvalue weighted by Crippen LogP contribution is 2.16. The number of hydrogen-bond donors (Lipinski definition) is 1. The van der Waals surface area contributed by atoms with Crippen LogP contribution in [-0.4, -0.2) is 43.0 Å². The van der Waals surface area contributed by atoms with Crippen molar-refractivity contribution in [1.29, 1.82) is 0 Å². The maximum absolute atomic E-state index is 12.0. The van der Waals surface area contributed by atoms with Crippen LogP contribution >= 0.6 is 11.6 Å². The summed E-state index contributed by atoms with van der Waals surface area (Å²) in [7, 11) is 4.03. The van der Waals surface area contributed by atoms with Crippen LogP contribution in [0.4, 0.5) is 0 Å². The summed E-state index contributed by atoms with van der Waals surface area (Å²) in [5, 5.41) is 3.28. The Morgan fingerprint density at radius 3 is 2.72 bits per heavy atom. The molecule has 0 atom stereocenters. The second kappa shape index (κ2) is 6.16. The van der Waals surface area contributed by atoms with Crippen LogP contribution in [0.3, 0.4) is 0 Å². The van der Waals surface area contributed by atoms with E-state index in [2.05, 4.69) is 29.0 Å². The van der Waals surface area contributed by atoms with Crippen molar-refractivity contribution in [3.8, 4) is 0 Å². The third-order valence-electron chi connectivity index (χ3n) is 2.49. The van der Waals surface area contributed by atoms with Crippen LogP contribution in [0.2, 0.25) is 5.02 Å². The van der Waals surface area contributed by atoms with Gasteiger partial charge in [0.1, 0.15) is 0 Å². The summed E-state index contributed by atoms with van der Waals surface area (Å²) >= 11 is 5.92. The van der Waals surface area contributed by atoms with Crippen molar-refractivity contribution in [2.75, 3.05) is 27.2 Å². The number of rotatable bonds is 5. The number of halogens is 1. The van der Waals surface area contributed by atoms with Gasteiger partial charge in [-0.05, 0) is 25.6 Å². The number of pyridine rings is 1. The molecular weight excluding hydrogens is 250 g/mol. The molecule has 5 heteroatoms. The Balaban J connectivity index is 2.59. The van der Waals surface area contributed by atoms with Crippen LogP contribution < -0.4 is 5.32 Å². The molecule has 0 aliphatic carbocycles. The van der Waals surface area contributed by atoms with E-state index in [0.717, 1.165) is 6.54 Å². The Kier molecular flexibility index (Phi) is 5.11. The fourth-order valence-corrected chi connectivity index (χ4v) is 2.09.